The van der Waals surface area contributed by atoms with Crippen molar-refractivity contribution in [1.82, 2.24) is 9.97 Å². The van der Waals surface area contributed by atoms with Crippen LogP contribution in [0.5, 0.6) is 0 Å². The Morgan fingerprint density at radius 1 is 0.938 bits per heavy atom. The first-order valence-corrected chi connectivity index (χ1v) is 5.12. The van der Waals surface area contributed by atoms with Crippen LogP contribution in [0.2, 0.25) is 0 Å². The summed E-state index contributed by atoms with van der Waals surface area (Å²) in [6.07, 6.45) is 1.55. The second kappa shape index (κ2) is 4.59. The molecule has 0 spiro atoms. The molecule has 0 bridgehead atoms. The highest BCUT2D eigenvalue weighted by Gasteiger charge is 1.99. The van der Waals surface area contributed by atoms with Crippen LogP contribution >= 0.6 is 0 Å². The van der Waals surface area contributed by atoms with Crippen LogP contribution in [-0.4, -0.2) is 9.97 Å². The molecule has 2 rings (SSSR count). The monoisotopic (exact) mass is 208 g/mol. The van der Waals surface area contributed by atoms with Crippen molar-refractivity contribution in [3.8, 4) is 11.8 Å². The SMILES string of the molecule is Cc1ncnc(C#Cc2ccccc2)c1C. The molecule has 0 fully saturated rings. The van der Waals surface area contributed by atoms with Crippen molar-refractivity contribution in [2.45, 2.75) is 13.8 Å². The average Bonchev–Trinajstić information content (AvgIpc) is 2.32. The van der Waals surface area contributed by atoms with Crippen molar-refractivity contribution in [3.63, 3.8) is 0 Å². The third kappa shape index (κ3) is 2.26. The Balaban J connectivity index is 2.35. The van der Waals surface area contributed by atoms with Gasteiger partial charge in [0.2, 0.25) is 0 Å². The molecule has 16 heavy (non-hydrogen) atoms. The van der Waals surface area contributed by atoms with E-state index < -0.39 is 0 Å². The van der Waals surface area contributed by atoms with E-state index in [4.69, 9.17) is 0 Å². The Morgan fingerprint density at radius 3 is 2.44 bits per heavy atom. The third-order valence-corrected chi connectivity index (χ3v) is 2.44. The molecule has 0 amide bonds. The largest absolute Gasteiger partial charge is 0.241 e. The summed E-state index contributed by atoms with van der Waals surface area (Å²) in [7, 11) is 0. The van der Waals surface area contributed by atoms with Gasteiger partial charge in [-0.2, -0.15) is 0 Å². The summed E-state index contributed by atoms with van der Waals surface area (Å²) >= 11 is 0. The van der Waals surface area contributed by atoms with Gasteiger partial charge in [0.25, 0.3) is 0 Å². The molecular weight excluding hydrogens is 196 g/mol. The van der Waals surface area contributed by atoms with Gasteiger partial charge in [0.15, 0.2) is 0 Å². The lowest BCUT2D eigenvalue weighted by atomic mass is 10.1. The lowest BCUT2D eigenvalue weighted by Gasteiger charge is -1.98. The first-order chi connectivity index (χ1) is 7.77. The summed E-state index contributed by atoms with van der Waals surface area (Å²) in [5.41, 5.74) is 3.83. The van der Waals surface area contributed by atoms with Crippen LogP contribution in [0.15, 0.2) is 36.7 Å². The number of nitrogens with zero attached hydrogens (tertiary/aromatic N) is 2. The maximum absolute atomic E-state index is 4.17. The van der Waals surface area contributed by atoms with E-state index in [-0.39, 0.29) is 0 Å². The molecule has 0 aliphatic rings. The van der Waals surface area contributed by atoms with E-state index in [2.05, 4.69) is 21.8 Å². The van der Waals surface area contributed by atoms with Gasteiger partial charge < -0.3 is 0 Å². The molecule has 0 unspecified atom stereocenters. The number of benzene rings is 1. The molecule has 2 nitrogen and oxygen atoms in total. The Kier molecular flexibility index (Phi) is 2.98. The fourth-order valence-corrected chi connectivity index (χ4v) is 1.32. The maximum atomic E-state index is 4.17. The Hall–Kier alpha value is -2.14. The van der Waals surface area contributed by atoms with Crippen LogP contribution < -0.4 is 0 Å². The lowest BCUT2D eigenvalue weighted by molar-refractivity contribution is 1.05. The van der Waals surface area contributed by atoms with Crippen LogP contribution in [-0.2, 0) is 0 Å². The zero-order chi connectivity index (χ0) is 11.4. The van der Waals surface area contributed by atoms with E-state index in [1.54, 1.807) is 6.33 Å². The zero-order valence-electron chi connectivity index (χ0n) is 9.36. The van der Waals surface area contributed by atoms with Gasteiger partial charge in [0, 0.05) is 16.8 Å². The lowest BCUT2D eigenvalue weighted by Crippen LogP contribution is -1.94. The minimum atomic E-state index is 0.802. The van der Waals surface area contributed by atoms with Gasteiger partial charge >= 0.3 is 0 Å². The normalized spacial score (nSPS) is 9.38. The molecule has 78 valence electrons. The van der Waals surface area contributed by atoms with Crippen molar-refractivity contribution in [1.29, 1.82) is 0 Å². The van der Waals surface area contributed by atoms with Gasteiger partial charge in [0.05, 0.1) is 0 Å². The average molecular weight is 208 g/mol. The van der Waals surface area contributed by atoms with E-state index in [1.807, 2.05) is 44.2 Å². The molecule has 1 aromatic carbocycles. The van der Waals surface area contributed by atoms with E-state index in [0.717, 1.165) is 22.5 Å². The first kappa shape index (κ1) is 10.4. The van der Waals surface area contributed by atoms with Crippen LogP contribution in [0, 0.1) is 25.7 Å². The molecule has 0 aliphatic heterocycles. The summed E-state index contributed by atoms with van der Waals surface area (Å²) in [6, 6.07) is 9.89. The molecule has 2 aromatic rings. The van der Waals surface area contributed by atoms with E-state index in [0.29, 0.717) is 0 Å². The first-order valence-electron chi connectivity index (χ1n) is 5.12. The summed E-state index contributed by atoms with van der Waals surface area (Å²) < 4.78 is 0. The van der Waals surface area contributed by atoms with Crippen molar-refractivity contribution in [2.75, 3.05) is 0 Å². The molecule has 0 radical (unpaired) electrons. The van der Waals surface area contributed by atoms with Gasteiger partial charge in [-0.15, -0.1) is 0 Å². The number of aryl methyl sites for hydroxylation is 1. The smallest absolute Gasteiger partial charge is 0.120 e. The van der Waals surface area contributed by atoms with Crippen molar-refractivity contribution in [2.24, 2.45) is 0 Å². The number of aromatic nitrogens is 2. The standard InChI is InChI=1S/C14H12N2/c1-11-12(2)15-10-16-14(11)9-8-13-6-4-3-5-7-13/h3-7,10H,1-2H3. The number of rotatable bonds is 0. The van der Waals surface area contributed by atoms with Crippen LogP contribution in [0.1, 0.15) is 22.5 Å². The molecule has 1 heterocycles. The summed E-state index contributed by atoms with van der Waals surface area (Å²) in [4.78, 5) is 8.28. The zero-order valence-corrected chi connectivity index (χ0v) is 9.36. The van der Waals surface area contributed by atoms with Crippen molar-refractivity contribution >= 4 is 0 Å². The van der Waals surface area contributed by atoms with Crippen LogP contribution in [0.4, 0.5) is 0 Å². The predicted molar refractivity (Wildman–Crippen MR) is 63.9 cm³/mol. The summed E-state index contributed by atoms with van der Waals surface area (Å²) in [5, 5.41) is 0. The van der Waals surface area contributed by atoms with E-state index in [9.17, 15) is 0 Å². The van der Waals surface area contributed by atoms with Gasteiger partial charge in [0.1, 0.15) is 12.0 Å². The summed E-state index contributed by atoms with van der Waals surface area (Å²) in [5.74, 6) is 6.16. The Labute approximate surface area is 95.4 Å². The quantitative estimate of drug-likeness (QED) is 0.622. The second-order valence-electron chi connectivity index (χ2n) is 3.55. The molecule has 1 aromatic heterocycles. The second-order valence-corrected chi connectivity index (χ2v) is 3.55. The number of hydrogen-bond acceptors (Lipinski definition) is 2. The molecule has 0 N–H and O–H groups in total. The molecule has 0 saturated carbocycles. The maximum Gasteiger partial charge on any atom is 0.120 e. The van der Waals surface area contributed by atoms with E-state index >= 15 is 0 Å². The molecule has 0 saturated heterocycles. The summed E-state index contributed by atoms with van der Waals surface area (Å²) in [6.45, 7) is 3.95. The minimum Gasteiger partial charge on any atom is -0.241 e. The topological polar surface area (TPSA) is 25.8 Å². The van der Waals surface area contributed by atoms with Crippen LogP contribution in [0.25, 0.3) is 0 Å². The Bertz CT molecular complexity index is 548. The van der Waals surface area contributed by atoms with Gasteiger partial charge in [-0.3, -0.25) is 0 Å². The highest BCUT2D eigenvalue weighted by Crippen LogP contribution is 2.05. The minimum absolute atomic E-state index is 0.802. The van der Waals surface area contributed by atoms with Gasteiger partial charge in [-0.1, -0.05) is 24.1 Å². The van der Waals surface area contributed by atoms with Gasteiger partial charge in [-0.25, -0.2) is 9.97 Å². The van der Waals surface area contributed by atoms with Crippen LogP contribution in [0.3, 0.4) is 0 Å². The van der Waals surface area contributed by atoms with Crippen molar-refractivity contribution in [3.05, 3.63) is 59.2 Å². The number of hydrogen-bond donors (Lipinski definition) is 0. The van der Waals surface area contributed by atoms with Gasteiger partial charge in [-0.05, 0) is 31.9 Å². The van der Waals surface area contributed by atoms with Crippen molar-refractivity contribution < 1.29 is 0 Å². The molecular formula is C14H12N2. The Morgan fingerprint density at radius 2 is 1.69 bits per heavy atom. The fraction of sp³-hybridized carbons (Fsp3) is 0.143. The molecule has 2 heteroatoms. The van der Waals surface area contributed by atoms with E-state index in [1.165, 1.54) is 0 Å². The fourth-order valence-electron chi connectivity index (χ4n) is 1.32. The highest BCUT2D eigenvalue weighted by atomic mass is 14.8. The third-order valence-electron chi connectivity index (χ3n) is 2.44. The molecule has 0 atom stereocenters. The highest BCUT2D eigenvalue weighted by molar-refractivity contribution is 5.43. The molecule has 0 aliphatic carbocycles. The predicted octanol–water partition coefficient (Wildman–Crippen LogP) is 2.49.